The van der Waals surface area contributed by atoms with Gasteiger partial charge in [0.25, 0.3) is 0 Å². The lowest BCUT2D eigenvalue weighted by molar-refractivity contribution is 0.0982. The van der Waals surface area contributed by atoms with Gasteiger partial charge in [-0.2, -0.15) is 0 Å². The van der Waals surface area contributed by atoms with Crippen LogP contribution in [0.3, 0.4) is 0 Å². The van der Waals surface area contributed by atoms with Crippen LogP contribution in [0.5, 0.6) is 0 Å². The van der Waals surface area contributed by atoms with Crippen LogP contribution in [-0.4, -0.2) is 16.6 Å². The van der Waals surface area contributed by atoms with Crippen LogP contribution in [0, 0.1) is 6.92 Å². The number of nitrogens with one attached hydrogen (secondary N) is 1. The number of carbonyl (C=O) groups is 2. The Hall–Kier alpha value is -2.27. The highest BCUT2D eigenvalue weighted by molar-refractivity contribution is 9.10. The summed E-state index contributed by atoms with van der Waals surface area (Å²) in [5.74, 6) is -0.486. The van der Waals surface area contributed by atoms with E-state index in [0.29, 0.717) is 5.56 Å². The number of nitrogens with zero attached hydrogens (tertiary/aromatic N) is 1. The van der Waals surface area contributed by atoms with E-state index in [1.807, 2.05) is 25.1 Å². The number of pyridine rings is 1. The molecular formula is C16H11BrN2O2. The SMILES string of the molecule is Cc1cc(NC2=CC(=O)c3ncccc3C2=O)ccc1Br. The molecule has 21 heavy (non-hydrogen) atoms. The van der Waals surface area contributed by atoms with Gasteiger partial charge in [-0.15, -0.1) is 0 Å². The summed E-state index contributed by atoms with van der Waals surface area (Å²) in [5.41, 5.74) is 2.61. The lowest BCUT2D eigenvalue weighted by Gasteiger charge is -2.16. The number of rotatable bonds is 2. The maximum Gasteiger partial charge on any atom is 0.211 e. The quantitative estimate of drug-likeness (QED) is 0.906. The smallest absolute Gasteiger partial charge is 0.211 e. The Bertz CT molecular complexity index is 797. The van der Waals surface area contributed by atoms with Gasteiger partial charge in [-0.3, -0.25) is 14.6 Å². The van der Waals surface area contributed by atoms with Crippen LogP contribution < -0.4 is 5.32 Å². The summed E-state index contributed by atoms with van der Waals surface area (Å²) in [5, 5.41) is 3.01. The van der Waals surface area contributed by atoms with Crippen molar-refractivity contribution in [2.45, 2.75) is 6.92 Å². The number of ketones is 2. The number of Topliss-reactive ketones (excluding diaryl/α,β-unsaturated/α-hetero) is 1. The van der Waals surface area contributed by atoms with Gasteiger partial charge < -0.3 is 5.32 Å². The minimum Gasteiger partial charge on any atom is -0.352 e. The van der Waals surface area contributed by atoms with E-state index in [1.165, 1.54) is 12.3 Å². The average Bonchev–Trinajstić information content (AvgIpc) is 2.48. The number of aryl methyl sites for hydroxylation is 1. The zero-order valence-corrected chi connectivity index (χ0v) is 12.8. The van der Waals surface area contributed by atoms with Crippen molar-refractivity contribution in [3.05, 3.63) is 69.6 Å². The van der Waals surface area contributed by atoms with Gasteiger partial charge in [-0.1, -0.05) is 15.9 Å². The lowest BCUT2D eigenvalue weighted by Crippen LogP contribution is -2.22. The van der Waals surface area contributed by atoms with Crippen molar-refractivity contribution in [2.24, 2.45) is 0 Å². The molecule has 0 aliphatic heterocycles. The monoisotopic (exact) mass is 342 g/mol. The van der Waals surface area contributed by atoms with Gasteiger partial charge in [-0.05, 0) is 42.8 Å². The average molecular weight is 343 g/mol. The van der Waals surface area contributed by atoms with E-state index in [-0.39, 0.29) is 23.0 Å². The van der Waals surface area contributed by atoms with Crippen LogP contribution >= 0.6 is 15.9 Å². The zero-order valence-electron chi connectivity index (χ0n) is 11.2. The molecule has 0 atom stereocenters. The highest BCUT2D eigenvalue weighted by Gasteiger charge is 2.26. The predicted molar refractivity (Wildman–Crippen MR) is 83.5 cm³/mol. The molecule has 0 spiro atoms. The largest absolute Gasteiger partial charge is 0.352 e. The second kappa shape index (κ2) is 5.26. The number of fused-ring (bicyclic) bond motifs is 1. The van der Waals surface area contributed by atoms with E-state index in [0.717, 1.165) is 15.7 Å². The highest BCUT2D eigenvalue weighted by Crippen LogP contribution is 2.24. The molecule has 2 aromatic rings. The van der Waals surface area contributed by atoms with Crippen molar-refractivity contribution in [1.29, 1.82) is 0 Å². The van der Waals surface area contributed by atoms with Gasteiger partial charge in [0.1, 0.15) is 5.69 Å². The Morgan fingerprint density at radius 2 is 2.00 bits per heavy atom. The van der Waals surface area contributed by atoms with E-state index in [2.05, 4.69) is 26.2 Å². The van der Waals surface area contributed by atoms with Crippen LogP contribution in [0.1, 0.15) is 26.4 Å². The number of aromatic nitrogens is 1. The summed E-state index contributed by atoms with van der Waals surface area (Å²) in [6, 6.07) is 8.90. The third-order valence-corrected chi connectivity index (χ3v) is 4.13. The molecule has 0 saturated heterocycles. The van der Waals surface area contributed by atoms with Crippen molar-refractivity contribution in [3.8, 4) is 0 Å². The molecule has 104 valence electrons. The highest BCUT2D eigenvalue weighted by atomic mass is 79.9. The molecule has 4 nitrogen and oxygen atoms in total. The van der Waals surface area contributed by atoms with Crippen molar-refractivity contribution in [1.82, 2.24) is 4.98 Å². The molecule has 1 aliphatic carbocycles. The Morgan fingerprint density at radius 3 is 2.76 bits per heavy atom. The Kier molecular flexibility index (Phi) is 3.43. The first kappa shape index (κ1) is 13.7. The first-order chi connectivity index (χ1) is 10.1. The van der Waals surface area contributed by atoms with E-state index in [4.69, 9.17) is 0 Å². The molecule has 1 aromatic carbocycles. The van der Waals surface area contributed by atoms with Crippen LogP contribution in [0.15, 0.2) is 52.8 Å². The number of carbonyl (C=O) groups excluding carboxylic acids is 2. The standard InChI is InChI=1S/C16H11BrN2O2/c1-9-7-10(4-5-12(9)17)19-13-8-14(20)15-11(16(13)21)3-2-6-18-15/h2-8,19H,1H3. The van der Waals surface area contributed by atoms with Crippen LogP contribution in [-0.2, 0) is 0 Å². The van der Waals surface area contributed by atoms with E-state index in [9.17, 15) is 9.59 Å². The molecule has 0 fully saturated rings. The van der Waals surface area contributed by atoms with Gasteiger partial charge in [0.15, 0.2) is 0 Å². The summed E-state index contributed by atoms with van der Waals surface area (Å²) < 4.78 is 0.989. The van der Waals surface area contributed by atoms with Crippen molar-refractivity contribution in [3.63, 3.8) is 0 Å². The van der Waals surface area contributed by atoms with Crippen LogP contribution in [0.4, 0.5) is 5.69 Å². The lowest BCUT2D eigenvalue weighted by atomic mass is 9.97. The molecule has 1 heterocycles. The third kappa shape index (κ3) is 2.52. The van der Waals surface area contributed by atoms with Gasteiger partial charge in [0.2, 0.25) is 11.6 Å². The maximum absolute atomic E-state index is 12.4. The first-order valence-corrected chi connectivity index (χ1v) is 7.14. The molecule has 1 aromatic heterocycles. The normalized spacial score (nSPS) is 13.7. The van der Waals surface area contributed by atoms with Crippen LogP contribution in [0.2, 0.25) is 0 Å². The molecule has 0 amide bonds. The number of halogens is 1. The minimum absolute atomic E-state index is 0.208. The fraction of sp³-hybridized carbons (Fsp3) is 0.0625. The Balaban J connectivity index is 1.95. The molecule has 0 bridgehead atoms. The van der Waals surface area contributed by atoms with Gasteiger partial charge in [-0.25, -0.2) is 0 Å². The van der Waals surface area contributed by atoms with Crippen molar-refractivity contribution < 1.29 is 9.59 Å². The molecule has 0 radical (unpaired) electrons. The summed E-state index contributed by atoms with van der Waals surface area (Å²) >= 11 is 3.43. The van der Waals surface area contributed by atoms with Gasteiger partial charge >= 0.3 is 0 Å². The molecule has 5 heteroatoms. The fourth-order valence-electron chi connectivity index (χ4n) is 2.17. The number of hydrogen-bond donors (Lipinski definition) is 1. The zero-order chi connectivity index (χ0) is 15.0. The topological polar surface area (TPSA) is 59.1 Å². The summed E-state index contributed by atoms with van der Waals surface area (Å²) in [4.78, 5) is 28.4. The van der Waals surface area contributed by atoms with Crippen molar-refractivity contribution >= 4 is 33.2 Å². The summed E-state index contributed by atoms with van der Waals surface area (Å²) in [7, 11) is 0. The molecule has 3 rings (SSSR count). The van der Waals surface area contributed by atoms with Gasteiger partial charge in [0, 0.05) is 22.4 Å². The summed E-state index contributed by atoms with van der Waals surface area (Å²) in [6.45, 7) is 1.96. The fourth-order valence-corrected chi connectivity index (χ4v) is 2.41. The summed E-state index contributed by atoms with van der Waals surface area (Å²) in [6.07, 6.45) is 2.81. The Labute approximate surface area is 130 Å². The second-order valence-corrected chi connectivity index (χ2v) is 5.59. The molecular weight excluding hydrogens is 332 g/mol. The maximum atomic E-state index is 12.4. The van der Waals surface area contributed by atoms with Crippen LogP contribution in [0.25, 0.3) is 0 Å². The molecule has 1 N–H and O–H groups in total. The minimum atomic E-state index is -0.262. The van der Waals surface area contributed by atoms with E-state index in [1.54, 1.807) is 12.1 Å². The third-order valence-electron chi connectivity index (χ3n) is 3.24. The van der Waals surface area contributed by atoms with Crippen molar-refractivity contribution in [2.75, 3.05) is 5.32 Å². The van der Waals surface area contributed by atoms with E-state index >= 15 is 0 Å². The number of allylic oxidation sites excluding steroid dienone is 2. The molecule has 0 unspecified atom stereocenters. The van der Waals surface area contributed by atoms with Gasteiger partial charge in [0.05, 0.1) is 11.3 Å². The number of anilines is 1. The number of benzene rings is 1. The molecule has 1 aliphatic rings. The van der Waals surface area contributed by atoms with E-state index < -0.39 is 0 Å². The first-order valence-electron chi connectivity index (χ1n) is 6.35. The predicted octanol–water partition coefficient (Wildman–Crippen LogP) is 3.53. The molecule has 0 saturated carbocycles. The number of hydrogen-bond acceptors (Lipinski definition) is 4. The second-order valence-electron chi connectivity index (χ2n) is 4.74. The Morgan fingerprint density at radius 1 is 1.19 bits per heavy atom.